The van der Waals surface area contributed by atoms with Gasteiger partial charge >= 0.3 is 0 Å². The first kappa shape index (κ1) is 16.8. The highest BCUT2D eigenvalue weighted by atomic mass is 32.2. The van der Waals surface area contributed by atoms with Crippen molar-refractivity contribution in [3.05, 3.63) is 59.9 Å². The van der Waals surface area contributed by atoms with Crippen molar-refractivity contribution in [3.8, 4) is 17.1 Å². The fourth-order valence-corrected chi connectivity index (χ4v) is 3.45. The molecule has 0 N–H and O–H groups in total. The Balaban J connectivity index is 1.65. The van der Waals surface area contributed by atoms with Crippen LogP contribution in [0.25, 0.3) is 11.4 Å². The topological polar surface area (TPSA) is 52.3 Å². The Morgan fingerprint density at radius 1 is 1.04 bits per heavy atom. The van der Waals surface area contributed by atoms with Gasteiger partial charge in [0.15, 0.2) is 5.82 Å². The minimum Gasteiger partial charge on any atom is -0.494 e. The molecule has 1 aromatic heterocycles. The summed E-state index contributed by atoms with van der Waals surface area (Å²) in [7, 11) is 0. The Kier molecular flexibility index (Phi) is 4.71. The van der Waals surface area contributed by atoms with Crippen LogP contribution in [0.15, 0.2) is 58.8 Å². The third-order valence-corrected chi connectivity index (χ3v) is 4.86. The van der Waals surface area contributed by atoms with E-state index in [1.54, 1.807) is 28.6 Å². The van der Waals surface area contributed by atoms with E-state index < -0.39 is 0 Å². The van der Waals surface area contributed by atoms with Gasteiger partial charge in [-0.15, -0.1) is 10.2 Å². The summed E-state index contributed by atoms with van der Waals surface area (Å²) in [6.07, 6.45) is 0.970. The Labute approximate surface area is 154 Å². The highest BCUT2D eigenvalue weighted by Gasteiger charge is 2.20. The van der Waals surface area contributed by atoms with Crippen LogP contribution in [0.1, 0.15) is 18.9 Å². The van der Waals surface area contributed by atoms with E-state index in [-0.39, 0.29) is 5.82 Å². The van der Waals surface area contributed by atoms with E-state index in [4.69, 9.17) is 4.74 Å². The summed E-state index contributed by atoms with van der Waals surface area (Å²) in [6.45, 7) is 2.77. The predicted octanol–water partition coefficient (Wildman–Crippen LogP) is 4.23. The molecule has 3 aromatic rings. The molecule has 0 unspecified atom stereocenters. The van der Waals surface area contributed by atoms with E-state index in [1.807, 2.05) is 24.3 Å². The molecule has 0 saturated carbocycles. The second kappa shape index (κ2) is 7.29. The smallest absolute Gasteiger partial charge is 0.212 e. The third kappa shape index (κ3) is 3.35. The molecule has 5 nitrogen and oxygen atoms in total. The molecule has 0 spiro atoms. The minimum atomic E-state index is -0.256. The Morgan fingerprint density at radius 2 is 1.77 bits per heavy atom. The van der Waals surface area contributed by atoms with Crippen LogP contribution in [0, 0.1) is 5.82 Å². The maximum Gasteiger partial charge on any atom is 0.212 e. The van der Waals surface area contributed by atoms with Gasteiger partial charge in [-0.25, -0.2) is 4.39 Å². The van der Waals surface area contributed by atoms with E-state index in [0.717, 1.165) is 34.2 Å². The summed E-state index contributed by atoms with van der Waals surface area (Å²) < 4.78 is 20.5. The van der Waals surface area contributed by atoms with Gasteiger partial charge in [-0.3, -0.25) is 0 Å². The molecule has 2 heterocycles. The molecule has 1 aliphatic rings. The Morgan fingerprint density at radius 3 is 2.50 bits per heavy atom. The molecule has 1 aliphatic heterocycles. The van der Waals surface area contributed by atoms with Gasteiger partial charge in [0, 0.05) is 11.3 Å². The number of halogens is 1. The summed E-state index contributed by atoms with van der Waals surface area (Å²) in [5.74, 6) is 1.93. The molecule has 2 aromatic carbocycles. The van der Waals surface area contributed by atoms with E-state index >= 15 is 0 Å². The van der Waals surface area contributed by atoms with Crippen LogP contribution in [-0.2, 0) is 0 Å². The lowest BCUT2D eigenvalue weighted by molar-refractivity contribution is 0.317. The van der Waals surface area contributed by atoms with Crippen molar-refractivity contribution >= 4 is 17.5 Å². The summed E-state index contributed by atoms with van der Waals surface area (Å²) >= 11 is 1.57. The van der Waals surface area contributed by atoms with Crippen LogP contribution in [0.4, 0.5) is 4.39 Å². The average molecular weight is 368 g/mol. The lowest BCUT2D eigenvalue weighted by atomic mass is 10.1. The van der Waals surface area contributed by atoms with Gasteiger partial charge in [-0.2, -0.15) is 9.78 Å². The first-order valence-electron chi connectivity index (χ1n) is 8.40. The molecule has 132 valence electrons. The SMILES string of the molecule is CCCOc1ccc(-c2nnc3n2N=C(c2ccc(F)cc2)CS3)cc1. The van der Waals surface area contributed by atoms with Gasteiger partial charge in [-0.1, -0.05) is 30.8 Å². The summed E-state index contributed by atoms with van der Waals surface area (Å²) in [4.78, 5) is 0. The fraction of sp³-hybridized carbons (Fsp3) is 0.211. The molecular formula is C19H17FN4OS. The maximum absolute atomic E-state index is 13.2. The van der Waals surface area contributed by atoms with Gasteiger partial charge < -0.3 is 4.74 Å². The number of hydrogen-bond donors (Lipinski definition) is 0. The molecule has 7 heteroatoms. The first-order chi connectivity index (χ1) is 12.7. The number of benzene rings is 2. The lowest BCUT2D eigenvalue weighted by Crippen LogP contribution is -2.13. The number of rotatable bonds is 5. The van der Waals surface area contributed by atoms with Crippen molar-refractivity contribution in [2.24, 2.45) is 5.10 Å². The van der Waals surface area contributed by atoms with Crippen molar-refractivity contribution in [2.75, 3.05) is 12.4 Å². The average Bonchev–Trinajstić information content (AvgIpc) is 3.10. The number of nitrogens with zero attached hydrogens (tertiary/aromatic N) is 4. The van der Waals surface area contributed by atoms with Crippen LogP contribution in [0.2, 0.25) is 0 Å². The number of thioether (sulfide) groups is 1. The van der Waals surface area contributed by atoms with Gasteiger partial charge in [0.1, 0.15) is 11.6 Å². The summed E-state index contributed by atoms with van der Waals surface area (Å²) in [5.41, 5.74) is 2.68. The van der Waals surface area contributed by atoms with Crippen LogP contribution >= 0.6 is 11.8 Å². The normalized spacial score (nSPS) is 13.2. The molecule has 0 fully saturated rings. The van der Waals surface area contributed by atoms with Gasteiger partial charge in [-0.05, 0) is 48.4 Å². The molecule has 0 atom stereocenters. The summed E-state index contributed by atoms with van der Waals surface area (Å²) in [5, 5.41) is 13.9. The van der Waals surface area contributed by atoms with Gasteiger partial charge in [0.05, 0.1) is 12.3 Å². The standard InChI is InChI=1S/C19H17FN4OS/c1-2-11-25-16-9-5-14(6-10-16)18-21-22-19-24(18)23-17(12-26-19)13-3-7-15(20)8-4-13/h3-10H,2,11-12H2,1H3. The Bertz CT molecular complexity index is 935. The quantitative estimate of drug-likeness (QED) is 0.676. The van der Waals surface area contributed by atoms with Crippen LogP contribution < -0.4 is 4.74 Å². The zero-order chi connectivity index (χ0) is 17.9. The van der Waals surface area contributed by atoms with Gasteiger partial charge in [0.25, 0.3) is 0 Å². The fourth-order valence-electron chi connectivity index (χ4n) is 2.61. The highest BCUT2D eigenvalue weighted by molar-refractivity contribution is 7.99. The third-order valence-electron chi connectivity index (χ3n) is 3.93. The second-order valence-electron chi connectivity index (χ2n) is 5.83. The van der Waals surface area contributed by atoms with Crippen molar-refractivity contribution in [1.29, 1.82) is 0 Å². The molecule has 0 bridgehead atoms. The zero-order valence-electron chi connectivity index (χ0n) is 14.2. The maximum atomic E-state index is 13.2. The van der Waals surface area contributed by atoms with E-state index in [1.165, 1.54) is 12.1 Å². The van der Waals surface area contributed by atoms with Crippen molar-refractivity contribution in [3.63, 3.8) is 0 Å². The van der Waals surface area contributed by atoms with Crippen molar-refractivity contribution in [1.82, 2.24) is 14.9 Å². The number of aromatic nitrogens is 3. The molecular weight excluding hydrogens is 351 g/mol. The van der Waals surface area contributed by atoms with E-state index in [9.17, 15) is 4.39 Å². The monoisotopic (exact) mass is 368 g/mol. The second-order valence-corrected chi connectivity index (χ2v) is 6.78. The van der Waals surface area contributed by atoms with Crippen LogP contribution in [0.5, 0.6) is 5.75 Å². The van der Waals surface area contributed by atoms with Crippen LogP contribution in [0.3, 0.4) is 0 Å². The molecule has 0 radical (unpaired) electrons. The molecule has 0 amide bonds. The van der Waals surface area contributed by atoms with E-state index in [2.05, 4.69) is 22.2 Å². The number of ether oxygens (including phenoxy) is 1. The van der Waals surface area contributed by atoms with E-state index in [0.29, 0.717) is 18.2 Å². The first-order valence-corrected chi connectivity index (χ1v) is 9.38. The lowest BCUT2D eigenvalue weighted by Gasteiger charge is -2.14. The van der Waals surface area contributed by atoms with Crippen molar-refractivity contribution in [2.45, 2.75) is 18.5 Å². The summed E-state index contributed by atoms with van der Waals surface area (Å²) in [6, 6.07) is 14.1. The Hall–Kier alpha value is -2.67. The minimum absolute atomic E-state index is 0.256. The molecule has 26 heavy (non-hydrogen) atoms. The zero-order valence-corrected chi connectivity index (χ0v) is 15.0. The molecule has 0 aliphatic carbocycles. The molecule has 0 saturated heterocycles. The molecule has 4 rings (SSSR count). The largest absolute Gasteiger partial charge is 0.494 e. The number of hydrogen-bond acceptors (Lipinski definition) is 5. The highest BCUT2D eigenvalue weighted by Crippen LogP contribution is 2.29. The van der Waals surface area contributed by atoms with Gasteiger partial charge in [0.2, 0.25) is 5.16 Å². The predicted molar refractivity (Wildman–Crippen MR) is 100 cm³/mol. The van der Waals surface area contributed by atoms with Crippen LogP contribution in [-0.4, -0.2) is 32.9 Å². The number of fused-ring (bicyclic) bond motifs is 1. The van der Waals surface area contributed by atoms with Crippen molar-refractivity contribution < 1.29 is 9.13 Å².